The van der Waals surface area contributed by atoms with Crippen LogP contribution in [0.15, 0.2) is 6.07 Å². The van der Waals surface area contributed by atoms with Gasteiger partial charge in [0, 0.05) is 30.1 Å². The maximum Gasteiger partial charge on any atom is 0.314 e. The second kappa shape index (κ2) is 7.40. The van der Waals surface area contributed by atoms with Crippen LogP contribution in [0.4, 0.5) is 4.79 Å². The number of aryl methyl sites for hydroxylation is 2. The normalized spacial score (nSPS) is 22.5. The lowest BCUT2D eigenvalue weighted by molar-refractivity contribution is 0.237. The summed E-state index contributed by atoms with van der Waals surface area (Å²) in [5.41, 5.74) is 2.21. The van der Waals surface area contributed by atoms with Gasteiger partial charge in [-0.15, -0.1) is 0 Å². The van der Waals surface area contributed by atoms with Gasteiger partial charge in [0.15, 0.2) is 0 Å². The van der Waals surface area contributed by atoms with E-state index in [2.05, 4.69) is 42.6 Å². The van der Waals surface area contributed by atoms with Gasteiger partial charge in [-0.05, 0) is 51.3 Å². The van der Waals surface area contributed by atoms with Crippen molar-refractivity contribution in [3.63, 3.8) is 0 Å². The molecule has 0 radical (unpaired) electrons. The molecule has 1 aromatic heterocycles. The van der Waals surface area contributed by atoms with Crippen LogP contribution in [-0.2, 0) is 6.54 Å². The van der Waals surface area contributed by atoms with E-state index in [1.165, 1.54) is 24.3 Å². The number of carbonyl (C=O) groups excluding carboxylic acids is 1. The first-order chi connectivity index (χ1) is 10.4. The zero-order valence-corrected chi connectivity index (χ0v) is 14.9. The Morgan fingerprint density at radius 2 is 2.27 bits per heavy atom. The average molecular weight is 324 g/mol. The third-order valence-corrected chi connectivity index (χ3v) is 5.66. The molecule has 1 fully saturated rings. The van der Waals surface area contributed by atoms with E-state index in [9.17, 15) is 4.79 Å². The average Bonchev–Trinajstić information content (AvgIpc) is 3.01. The van der Waals surface area contributed by atoms with Crippen LogP contribution in [0, 0.1) is 19.8 Å². The Labute approximate surface area is 137 Å². The van der Waals surface area contributed by atoms with Crippen molar-refractivity contribution in [1.29, 1.82) is 0 Å². The summed E-state index contributed by atoms with van der Waals surface area (Å²) in [6.45, 7) is 10.7. The molecular formula is C16H28N4OS. The zero-order chi connectivity index (χ0) is 16.2. The minimum Gasteiger partial charge on any atom is -0.338 e. The lowest BCUT2D eigenvalue weighted by Gasteiger charge is -2.23. The fourth-order valence-corrected chi connectivity index (χ4v) is 4.04. The summed E-state index contributed by atoms with van der Waals surface area (Å²) < 4.78 is 2.22. The van der Waals surface area contributed by atoms with Crippen LogP contribution in [0.25, 0.3) is 0 Å². The predicted octanol–water partition coefficient (Wildman–Crippen LogP) is 2.72. The quantitative estimate of drug-likeness (QED) is 0.846. The van der Waals surface area contributed by atoms with Gasteiger partial charge in [0.25, 0.3) is 0 Å². The van der Waals surface area contributed by atoms with E-state index < -0.39 is 0 Å². The monoisotopic (exact) mass is 324 g/mol. The summed E-state index contributed by atoms with van der Waals surface area (Å²) >= 11 is 1.96. The molecular weight excluding hydrogens is 296 g/mol. The number of nitrogens with one attached hydrogen (secondary N) is 2. The van der Waals surface area contributed by atoms with Crippen molar-refractivity contribution in [2.75, 3.05) is 18.8 Å². The van der Waals surface area contributed by atoms with Gasteiger partial charge in [0.2, 0.25) is 0 Å². The van der Waals surface area contributed by atoms with Crippen molar-refractivity contribution in [2.45, 2.75) is 51.8 Å². The molecule has 0 aromatic carbocycles. The highest BCUT2D eigenvalue weighted by Gasteiger charge is 2.29. The summed E-state index contributed by atoms with van der Waals surface area (Å²) in [4.78, 5) is 11.9. The third kappa shape index (κ3) is 4.93. The first kappa shape index (κ1) is 17.2. The van der Waals surface area contributed by atoms with Crippen molar-refractivity contribution in [1.82, 2.24) is 20.4 Å². The van der Waals surface area contributed by atoms with Gasteiger partial charge >= 0.3 is 6.03 Å². The molecule has 124 valence electrons. The molecule has 2 atom stereocenters. The standard InChI is InChI=1S/C16H28N4OS/c1-12(10-20-14(3)8-13(2)19-20)9-17-15(21)18-11-16(4)6-5-7-22-16/h8,12H,5-7,9-11H2,1-4H3,(H2,17,18,21). The number of urea groups is 1. The molecule has 0 saturated carbocycles. The van der Waals surface area contributed by atoms with Gasteiger partial charge in [0.1, 0.15) is 0 Å². The molecule has 2 rings (SSSR count). The second-order valence-corrected chi connectivity index (χ2v) is 8.36. The molecule has 1 aliphatic heterocycles. The molecule has 6 heteroatoms. The number of hydrogen-bond acceptors (Lipinski definition) is 3. The lowest BCUT2D eigenvalue weighted by atomic mass is 10.1. The highest BCUT2D eigenvalue weighted by atomic mass is 32.2. The summed E-state index contributed by atoms with van der Waals surface area (Å²) in [6.07, 6.45) is 2.44. The van der Waals surface area contributed by atoms with Crippen LogP contribution in [0.2, 0.25) is 0 Å². The second-order valence-electron chi connectivity index (χ2n) is 6.68. The largest absolute Gasteiger partial charge is 0.338 e. The predicted molar refractivity (Wildman–Crippen MR) is 92.4 cm³/mol. The van der Waals surface area contributed by atoms with Crippen molar-refractivity contribution < 1.29 is 4.79 Å². The Bertz CT molecular complexity index is 508. The van der Waals surface area contributed by atoms with Crippen molar-refractivity contribution in [3.8, 4) is 0 Å². The van der Waals surface area contributed by atoms with E-state index in [0.717, 1.165) is 18.8 Å². The molecule has 5 nitrogen and oxygen atoms in total. The highest BCUT2D eigenvalue weighted by Crippen LogP contribution is 2.36. The van der Waals surface area contributed by atoms with Gasteiger partial charge in [-0.25, -0.2) is 4.79 Å². The molecule has 0 aliphatic carbocycles. The molecule has 1 aliphatic rings. The maximum absolute atomic E-state index is 11.9. The van der Waals surface area contributed by atoms with Crippen LogP contribution in [0.5, 0.6) is 0 Å². The smallest absolute Gasteiger partial charge is 0.314 e. The molecule has 1 aromatic rings. The van der Waals surface area contributed by atoms with Gasteiger partial charge in [-0.1, -0.05) is 6.92 Å². The Hall–Kier alpha value is -1.17. The number of carbonyl (C=O) groups is 1. The summed E-state index contributed by atoms with van der Waals surface area (Å²) in [7, 11) is 0. The summed E-state index contributed by atoms with van der Waals surface area (Å²) in [5.74, 6) is 1.56. The highest BCUT2D eigenvalue weighted by molar-refractivity contribution is 8.00. The molecule has 2 unspecified atom stereocenters. The molecule has 2 N–H and O–H groups in total. The van der Waals surface area contributed by atoms with E-state index in [0.29, 0.717) is 12.5 Å². The van der Waals surface area contributed by atoms with E-state index in [-0.39, 0.29) is 10.8 Å². The Morgan fingerprint density at radius 3 is 2.86 bits per heavy atom. The Balaban J connectivity index is 1.68. The van der Waals surface area contributed by atoms with E-state index in [1.807, 2.05) is 23.4 Å². The topological polar surface area (TPSA) is 59.0 Å². The molecule has 0 bridgehead atoms. The first-order valence-electron chi connectivity index (χ1n) is 8.05. The van der Waals surface area contributed by atoms with Crippen LogP contribution < -0.4 is 10.6 Å². The number of hydrogen-bond donors (Lipinski definition) is 2. The molecule has 22 heavy (non-hydrogen) atoms. The molecule has 0 spiro atoms. The first-order valence-corrected chi connectivity index (χ1v) is 9.03. The minimum absolute atomic E-state index is 0.0612. The van der Waals surface area contributed by atoms with Crippen molar-refractivity contribution >= 4 is 17.8 Å². The fraction of sp³-hybridized carbons (Fsp3) is 0.750. The van der Waals surface area contributed by atoms with Gasteiger partial charge in [-0.2, -0.15) is 16.9 Å². The molecule has 1 saturated heterocycles. The van der Waals surface area contributed by atoms with Crippen molar-refractivity contribution in [2.24, 2.45) is 5.92 Å². The van der Waals surface area contributed by atoms with E-state index in [1.54, 1.807) is 0 Å². The van der Waals surface area contributed by atoms with Crippen molar-refractivity contribution in [3.05, 3.63) is 17.5 Å². The zero-order valence-electron chi connectivity index (χ0n) is 14.1. The third-order valence-electron chi connectivity index (χ3n) is 4.12. The van der Waals surface area contributed by atoms with Crippen LogP contribution in [0.1, 0.15) is 38.1 Å². The Morgan fingerprint density at radius 1 is 1.50 bits per heavy atom. The number of amides is 2. The SMILES string of the molecule is Cc1cc(C)n(CC(C)CNC(=O)NCC2(C)CCCS2)n1. The fourth-order valence-electron chi connectivity index (χ4n) is 2.79. The van der Waals surface area contributed by atoms with E-state index in [4.69, 9.17) is 0 Å². The number of nitrogens with zero attached hydrogens (tertiary/aromatic N) is 2. The summed E-state index contributed by atoms with van der Waals surface area (Å²) in [5, 5.41) is 10.4. The van der Waals surface area contributed by atoms with E-state index >= 15 is 0 Å². The molecule has 2 amide bonds. The van der Waals surface area contributed by atoms with Crippen LogP contribution in [-0.4, -0.2) is 39.4 Å². The summed E-state index contributed by atoms with van der Waals surface area (Å²) in [6, 6.07) is 2.02. The van der Waals surface area contributed by atoms with Crippen LogP contribution in [0.3, 0.4) is 0 Å². The van der Waals surface area contributed by atoms with Gasteiger partial charge in [0.05, 0.1) is 5.69 Å². The number of aromatic nitrogens is 2. The number of rotatable bonds is 6. The number of thioether (sulfide) groups is 1. The minimum atomic E-state index is -0.0612. The van der Waals surface area contributed by atoms with Crippen LogP contribution >= 0.6 is 11.8 Å². The molecule has 2 heterocycles. The lowest BCUT2D eigenvalue weighted by Crippen LogP contribution is -2.43. The van der Waals surface area contributed by atoms with Gasteiger partial charge < -0.3 is 10.6 Å². The van der Waals surface area contributed by atoms with Gasteiger partial charge in [-0.3, -0.25) is 4.68 Å². The maximum atomic E-state index is 11.9. The Kier molecular flexibility index (Phi) is 5.78.